The molecule has 8 nitrogen and oxygen atoms in total. The lowest BCUT2D eigenvalue weighted by atomic mass is 10.1. The summed E-state index contributed by atoms with van der Waals surface area (Å²) in [6, 6.07) is 13.4. The van der Waals surface area contributed by atoms with Crippen molar-refractivity contribution in [3.05, 3.63) is 94.6 Å². The summed E-state index contributed by atoms with van der Waals surface area (Å²) in [5.41, 5.74) is 0.970. The highest BCUT2D eigenvalue weighted by Crippen LogP contribution is 2.25. The Kier molecular flexibility index (Phi) is 15.2. The molecular weight excluding hydrogens is 541 g/mol. The summed E-state index contributed by atoms with van der Waals surface area (Å²) in [5, 5.41) is 10.7. The van der Waals surface area contributed by atoms with E-state index >= 15 is 0 Å². The van der Waals surface area contributed by atoms with Crippen LogP contribution in [0.25, 0.3) is 12.2 Å². The van der Waals surface area contributed by atoms with Gasteiger partial charge in [0, 0.05) is 30.9 Å². The minimum atomic E-state index is -4.80. The van der Waals surface area contributed by atoms with Crippen LogP contribution >= 0.6 is 0 Å². The molecule has 0 aliphatic heterocycles. The van der Waals surface area contributed by atoms with Gasteiger partial charge >= 0.3 is 18.1 Å². The number of hydrogen-bond acceptors (Lipinski definition) is 7. The molecule has 0 N–H and O–H groups in total. The fourth-order valence-electron chi connectivity index (χ4n) is 3.11. The van der Waals surface area contributed by atoms with Crippen LogP contribution < -0.4 is 4.90 Å². The maximum absolute atomic E-state index is 12.4. The van der Waals surface area contributed by atoms with E-state index in [2.05, 4.69) is 24.8 Å². The third-order valence-electron chi connectivity index (χ3n) is 5.56. The van der Waals surface area contributed by atoms with E-state index in [4.69, 9.17) is 4.74 Å². The monoisotopic (exact) mass is 576 g/mol. The lowest BCUT2D eigenvalue weighted by Crippen LogP contribution is -2.26. The summed E-state index contributed by atoms with van der Waals surface area (Å²) >= 11 is 0. The Balaban J connectivity index is 0.000000646. The van der Waals surface area contributed by atoms with Gasteiger partial charge in [0.2, 0.25) is 0 Å². The maximum Gasteiger partial charge on any atom is 0.422 e. The Bertz CT molecular complexity index is 1180. The van der Waals surface area contributed by atoms with Crippen LogP contribution in [0, 0.1) is 10.1 Å². The topological polar surface area (TPSA) is 99.0 Å². The van der Waals surface area contributed by atoms with Gasteiger partial charge in [-0.15, -0.1) is 0 Å². The van der Waals surface area contributed by atoms with Crippen LogP contribution in [0.15, 0.2) is 73.3 Å². The molecule has 0 bridgehead atoms. The second-order valence-electron chi connectivity index (χ2n) is 8.74. The van der Waals surface area contributed by atoms with Crippen molar-refractivity contribution in [2.75, 3.05) is 31.7 Å². The standard InChI is InChI=1S/C21H19F3N2O4.C9H16O2/c1-15(21(22,23)24)20(27)30-14-13-25(2)18-9-5-16(6-10-18)3-4-17-7-11-19(12-8-17)26(28)29;1-3-5-6-7-8-11-9(10)4-2/h3-12H,1,13-14H2,2H3;4H,2-3,5-8H2,1H3. The number of carbonyl (C=O) groups is 2. The van der Waals surface area contributed by atoms with Crippen LogP contribution in [-0.2, 0) is 19.1 Å². The zero-order valence-electron chi connectivity index (χ0n) is 23.2. The van der Waals surface area contributed by atoms with Crippen molar-refractivity contribution in [3.8, 4) is 0 Å². The molecule has 0 fully saturated rings. The van der Waals surface area contributed by atoms with Gasteiger partial charge in [-0.3, -0.25) is 10.1 Å². The van der Waals surface area contributed by atoms with Crippen molar-refractivity contribution >= 4 is 35.5 Å². The summed E-state index contributed by atoms with van der Waals surface area (Å²) in [6.07, 6.45) is 4.57. The van der Waals surface area contributed by atoms with Crippen LogP contribution in [-0.4, -0.2) is 49.8 Å². The number of esters is 2. The number of ether oxygens (including phenoxy) is 2. The van der Waals surface area contributed by atoms with Gasteiger partial charge in [-0.05, 0) is 41.8 Å². The molecule has 0 radical (unpaired) electrons. The predicted molar refractivity (Wildman–Crippen MR) is 153 cm³/mol. The minimum absolute atomic E-state index is 0.0212. The Morgan fingerprint density at radius 1 is 0.951 bits per heavy atom. The molecule has 222 valence electrons. The second-order valence-corrected chi connectivity index (χ2v) is 8.74. The van der Waals surface area contributed by atoms with Crippen LogP contribution in [0.1, 0.15) is 43.7 Å². The second kappa shape index (κ2) is 18.0. The Labute approximate surface area is 237 Å². The van der Waals surface area contributed by atoms with Gasteiger partial charge in [0.1, 0.15) is 12.2 Å². The maximum atomic E-state index is 12.4. The number of likely N-dealkylation sites (N-methyl/N-ethyl adjacent to an activating group) is 1. The van der Waals surface area contributed by atoms with Crippen molar-refractivity contribution in [2.45, 2.75) is 38.8 Å². The molecule has 0 heterocycles. The Morgan fingerprint density at radius 2 is 1.51 bits per heavy atom. The fraction of sp³-hybridized carbons (Fsp3) is 0.333. The van der Waals surface area contributed by atoms with E-state index in [-0.39, 0.29) is 24.8 Å². The van der Waals surface area contributed by atoms with Gasteiger partial charge in [0.25, 0.3) is 5.69 Å². The number of carbonyl (C=O) groups excluding carboxylic acids is 2. The molecule has 0 aromatic heterocycles. The average molecular weight is 577 g/mol. The lowest BCUT2D eigenvalue weighted by Gasteiger charge is -2.19. The van der Waals surface area contributed by atoms with Crippen LogP contribution in [0.5, 0.6) is 0 Å². The first kappa shape index (κ1) is 34.6. The summed E-state index contributed by atoms with van der Waals surface area (Å²) in [5.74, 6) is -1.80. The molecule has 0 aliphatic rings. The molecule has 0 aliphatic carbocycles. The average Bonchev–Trinajstić information content (AvgIpc) is 2.95. The smallest absolute Gasteiger partial charge is 0.422 e. The molecular formula is C30H35F3N2O6. The highest BCUT2D eigenvalue weighted by molar-refractivity contribution is 5.89. The molecule has 2 rings (SSSR count). The molecule has 2 aromatic rings. The van der Waals surface area contributed by atoms with Gasteiger partial charge in [0.15, 0.2) is 0 Å². The quantitative estimate of drug-likeness (QED) is 0.0588. The van der Waals surface area contributed by atoms with E-state index in [1.165, 1.54) is 31.1 Å². The van der Waals surface area contributed by atoms with Gasteiger partial charge < -0.3 is 14.4 Å². The van der Waals surface area contributed by atoms with E-state index in [1.54, 1.807) is 24.1 Å². The van der Waals surface area contributed by atoms with E-state index in [0.717, 1.165) is 29.7 Å². The number of hydrogen-bond donors (Lipinski definition) is 0. The highest BCUT2D eigenvalue weighted by atomic mass is 19.4. The van der Waals surface area contributed by atoms with Gasteiger partial charge in [0.05, 0.1) is 18.1 Å². The Hall–Kier alpha value is -4.41. The van der Waals surface area contributed by atoms with Gasteiger partial charge in [-0.1, -0.05) is 63.6 Å². The van der Waals surface area contributed by atoms with Crippen molar-refractivity contribution in [1.29, 1.82) is 0 Å². The number of unbranched alkanes of at least 4 members (excludes halogenated alkanes) is 3. The number of nitrogens with zero attached hydrogens (tertiary/aromatic N) is 2. The number of nitro groups is 1. The molecule has 41 heavy (non-hydrogen) atoms. The van der Waals surface area contributed by atoms with E-state index in [1.807, 2.05) is 36.4 Å². The predicted octanol–water partition coefficient (Wildman–Crippen LogP) is 7.16. The number of nitro benzene ring substituents is 1. The first-order chi connectivity index (χ1) is 19.4. The van der Waals surface area contributed by atoms with Gasteiger partial charge in [-0.25, -0.2) is 9.59 Å². The van der Waals surface area contributed by atoms with E-state index in [9.17, 15) is 32.9 Å². The molecule has 0 unspecified atom stereocenters. The zero-order valence-corrected chi connectivity index (χ0v) is 23.2. The lowest BCUT2D eigenvalue weighted by molar-refractivity contribution is -0.384. The zero-order chi connectivity index (χ0) is 30.8. The normalized spacial score (nSPS) is 10.8. The molecule has 0 spiro atoms. The van der Waals surface area contributed by atoms with Crippen LogP contribution in [0.4, 0.5) is 24.5 Å². The number of anilines is 1. The van der Waals surface area contributed by atoms with Crippen LogP contribution in [0.2, 0.25) is 0 Å². The van der Waals surface area contributed by atoms with E-state index < -0.39 is 22.6 Å². The van der Waals surface area contributed by atoms with Crippen molar-refractivity contribution in [3.63, 3.8) is 0 Å². The number of non-ortho nitro benzene ring substituents is 1. The number of benzene rings is 2. The van der Waals surface area contributed by atoms with Crippen molar-refractivity contribution in [2.24, 2.45) is 0 Å². The first-order valence-electron chi connectivity index (χ1n) is 12.8. The molecule has 0 saturated heterocycles. The van der Waals surface area contributed by atoms with Crippen molar-refractivity contribution < 1.29 is 37.2 Å². The van der Waals surface area contributed by atoms with E-state index in [0.29, 0.717) is 6.61 Å². The first-order valence-corrected chi connectivity index (χ1v) is 12.8. The molecule has 0 atom stereocenters. The fourth-order valence-corrected chi connectivity index (χ4v) is 3.11. The third-order valence-corrected chi connectivity index (χ3v) is 5.56. The minimum Gasteiger partial charge on any atom is -0.463 e. The number of halogens is 3. The molecule has 0 amide bonds. The molecule has 0 saturated carbocycles. The number of rotatable bonds is 14. The third kappa shape index (κ3) is 14.0. The highest BCUT2D eigenvalue weighted by Gasteiger charge is 2.37. The van der Waals surface area contributed by atoms with Crippen LogP contribution in [0.3, 0.4) is 0 Å². The largest absolute Gasteiger partial charge is 0.463 e. The SMILES string of the molecule is C=C(C(=O)OCCN(C)c1ccc(C=Cc2ccc([N+](=O)[O-])cc2)cc1)C(F)(F)F.C=CC(=O)OCCCCCC. The Morgan fingerprint density at radius 3 is 2.00 bits per heavy atom. The molecule has 11 heteroatoms. The summed E-state index contributed by atoms with van der Waals surface area (Å²) in [4.78, 5) is 33.7. The summed E-state index contributed by atoms with van der Waals surface area (Å²) in [7, 11) is 1.72. The molecule has 2 aromatic carbocycles. The summed E-state index contributed by atoms with van der Waals surface area (Å²) < 4.78 is 46.5. The van der Waals surface area contributed by atoms with Gasteiger partial charge in [-0.2, -0.15) is 13.2 Å². The number of alkyl halides is 3. The van der Waals surface area contributed by atoms with Crippen molar-refractivity contribution in [1.82, 2.24) is 0 Å². The summed E-state index contributed by atoms with van der Waals surface area (Å²) in [6.45, 7) is 8.66.